The van der Waals surface area contributed by atoms with E-state index in [2.05, 4.69) is 31.7 Å². The van der Waals surface area contributed by atoms with E-state index >= 15 is 0 Å². The molecule has 0 saturated heterocycles. The molecule has 5 rings (SSSR count). The number of halogens is 4. The molecule has 1 fully saturated rings. The number of aryl methyl sites for hydroxylation is 1. The zero-order valence-electron chi connectivity index (χ0n) is 23.7. The van der Waals surface area contributed by atoms with Gasteiger partial charge in [-0.1, -0.05) is 43.7 Å². The zero-order chi connectivity index (χ0) is 31.3. The van der Waals surface area contributed by atoms with Crippen LogP contribution in [-0.4, -0.2) is 49.1 Å². The van der Waals surface area contributed by atoms with Crippen LogP contribution >= 0.6 is 11.6 Å². The number of benzene rings is 1. The number of aromatic nitrogens is 5. The van der Waals surface area contributed by atoms with Gasteiger partial charge in [-0.05, 0) is 43.4 Å². The van der Waals surface area contributed by atoms with Gasteiger partial charge in [0.15, 0.2) is 0 Å². The number of anilines is 2. The van der Waals surface area contributed by atoms with Crippen LogP contribution in [0.4, 0.5) is 29.3 Å². The van der Waals surface area contributed by atoms with Crippen molar-refractivity contribution in [3.05, 3.63) is 70.1 Å². The fourth-order valence-electron chi connectivity index (χ4n) is 4.94. The van der Waals surface area contributed by atoms with Gasteiger partial charge in [0, 0.05) is 29.4 Å². The minimum absolute atomic E-state index is 0.0250. The van der Waals surface area contributed by atoms with Crippen molar-refractivity contribution in [3.8, 4) is 6.07 Å². The van der Waals surface area contributed by atoms with E-state index in [0.717, 1.165) is 15.6 Å². The maximum atomic E-state index is 14.0. The number of carboxylic acid groups (broad SMARTS) is 1. The van der Waals surface area contributed by atoms with Crippen molar-refractivity contribution < 1.29 is 23.1 Å². The van der Waals surface area contributed by atoms with Crippen molar-refractivity contribution in [3.63, 3.8) is 0 Å². The number of nitriles is 1. The number of rotatable bonds is 8. The van der Waals surface area contributed by atoms with Crippen molar-refractivity contribution in [1.82, 2.24) is 25.0 Å². The Bertz CT molecular complexity index is 1760. The number of nitrogens with one attached hydrogen (secondary N) is 1. The van der Waals surface area contributed by atoms with E-state index in [1.165, 1.54) is 37.5 Å². The van der Waals surface area contributed by atoms with Crippen molar-refractivity contribution in [2.75, 3.05) is 16.8 Å². The number of nitrogens with zero attached hydrogens (tertiary/aromatic N) is 7. The summed E-state index contributed by atoms with van der Waals surface area (Å²) in [4.78, 5) is 22.2. The van der Waals surface area contributed by atoms with Gasteiger partial charge in [0.2, 0.25) is 5.95 Å². The van der Waals surface area contributed by atoms with Gasteiger partial charge in [0.25, 0.3) is 6.43 Å². The Hall–Kier alpha value is -4.44. The molecule has 3 aromatic heterocycles. The first-order chi connectivity index (χ1) is 20.3. The van der Waals surface area contributed by atoms with Crippen molar-refractivity contribution in [2.45, 2.75) is 58.5 Å². The average Bonchev–Trinajstić information content (AvgIpc) is 3.60. The van der Waals surface area contributed by atoms with Crippen LogP contribution in [0.3, 0.4) is 0 Å². The molecule has 10 nitrogen and oxygen atoms in total. The summed E-state index contributed by atoms with van der Waals surface area (Å²) in [7, 11) is 0. The molecule has 14 heteroatoms. The lowest BCUT2D eigenvalue weighted by Crippen LogP contribution is -2.35. The number of fused-ring (bicyclic) bond motifs is 1. The highest BCUT2D eigenvalue weighted by Gasteiger charge is 2.54. The minimum Gasteiger partial charge on any atom is -0.465 e. The lowest BCUT2D eigenvalue weighted by Gasteiger charge is -2.30. The molecule has 1 aliphatic rings. The van der Waals surface area contributed by atoms with E-state index in [0.29, 0.717) is 23.1 Å². The van der Waals surface area contributed by atoms with Crippen LogP contribution in [0.2, 0.25) is 5.02 Å². The monoisotopic (exact) mass is 612 g/mol. The highest BCUT2D eigenvalue weighted by atomic mass is 35.5. The maximum Gasteiger partial charge on any atom is 0.412 e. The summed E-state index contributed by atoms with van der Waals surface area (Å²) >= 11 is 6.65. The highest BCUT2D eigenvalue weighted by molar-refractivity contribution is 6.36. The molecule has 1 amide bonds. The summed E-state index contributed by atoms with van der Waals surface area (Å²) in [5.74, 6) is -0.779. The summed E-state index contributed by atoms with van der Waals surface area (Å²) in [6.45, 7) is 8.01. The van der Waals surface area contributed by atoms with Gasteiger partial charge in [0.1, 0.15) is 23.3 Å². The largest absolute Gasteiger partial charge is 0.465 e. The second kappa shape index (κ2) is 11.0. The van der Waals surface area contributed by atoms with Crippen LogP contribution < -0.4 is 10.2 Å². The van der Waals surface area contributed by atoms with Crippen LogP contribution in [0, 0.1) is 29.6 Å². The fourth-order valence-corrected chi connectivity index (χ4v) is 5.20. The van der Waals surface area contributed by atoms with Crippen LogP contribution in [0.1, 0.15) is 62.2 Å². The highest BCUT2D eigenvalue weighted by Crippen LogP contribution is 2.48. The molecule has 3 heterocycles. The Labute approximate surface area is 250 Å². The summed E-state index contributed by atoms with van der Waals surface area (Å²) in [6.07, 6.45) is -1.09. The summed E-state index contributed by atoms with van der Waals surface area (Å²) in [5, 5.41) is 32.3. The van der Waals surface area contributed by atoms with Crippen LogP contribution in [0.5, 0.6) is 0 Å². The van der Waals surface area contributed by atoms with Gasteiger partial charge >= 0.3 is 6.09 Å². The van der Waals surface area contributed by atoms with Crippen molar-refractivity contribution >= 4 is 40.0 Å². The first kappa shape index (κ1) is 30.0. The molecule has 1 aliphatic carbocycles. The van der Waals surface area contributed by atoms with Crippen LogP contribution in [0.25, 0.3) is 10.9 Å². The Morgan fingerprint density at radius 3 is 2.60 bits per heavy atom. The fraction of sp³-hybridized carbons (Fsp3) is 0.379. The van der Waals surface area contributed by atoms with E-state index in [1.807, 2.05) is 20.8 Å². The van der Waals surface area contributed by atoms with Crippen LogP contribution in [-0.2, 0) is 5.54 Å². The minimum atomic E-state index is -2.70. The summed E-state index contributed by atoms with van der Waals surface area (Å²) in [5.41, 5.74) is -0.190. The Morgan fingerprint density at radius 2 is 2.02 bits per heavy atom. The molecule has 0 unspecified atom stereocenters. The first-order valence-electron chi connectivity index (χ1n) is 13.4. The lowest BCUT2D eigenvalue weighted by molar-refractivity contribution is 0.0593. The van der Waals surface area contributed by atoms with Crippen molar-refractivity contribution in [2.24, 2.45) is 5.41 Å². The number of carbonyl (C=O) groups is 1. The smallest absolute Gasteiger partial charge is 0.412 e. The van der Waals surface area contributed by atoms with Crippen LogP contribution in [0.15, 0.2) is 36.7 Å². The second-order valence-corrected chi connectivity index (χ2v) is 12.2. The van der Waals surface area contributed by atoms with Gasteiger partial charge in [-0.25, -0.2) is 23.2 Å². The van der Waals surface area contributed by atoms with E-state index in [1.54, 1.807) is 0 Å². The first-order valence-corrected chi connectivity index (χ1v) is 13.8. The molecule has 43 heavy (non-hydrogen) atoms. The predicted molar refractivity (Wildman–Crippen MR) is 154 cm³/mol. The summed E-state index contributed by atoms with van der Waals surface area (Å²) < 4.78 is 42.9. The Morgan fingerprint density at radius 1 is 1.30 bits per heavy atom. The Balaban J connectivity index is 1.73. The quantitative estimate of drug-likeness (QED) is 0.211. The van der Waals surface area contributed by atoms with Gasteiger partial charge in [-0.15, -0.1) is 5.10 Å². The SMILES string of the molecule is Cc1nc(F)ccc1[C@@H](c1cn(C2(C(F)F)CC2)nn1)N(C(=O)O)c1cc(Cl)c2ncc(C#N)c(NCC(C)(C)C)c2c1. The third kappa shape index (κ3) is 5.67. The standard InChI is InChI=1S/C29H28ClF3N8O2/c1-15-18(5-6-22(31)37-15)25(21-13-40(39-38-21)29(7-8-29)26(32)33)41(27(42)43)17-9-19-23(36-14-28(2,3)4)16(11-34)12-35-24(19)20(30)10-17/h5-6,9-10,12-13,25-26H,7-8,14H2,1-4H3,(H,35,36)(H,42,43)/t25-/m0/s1. The molecule has 1 saturated carbocycles. The van der Waals surface area contributed by atoms with E-state index in [4.69, 9.17) is 11.6 Å². The number of pyridine rings is 2. The van der Waals surface area contributed by atoms with E-state index in [9.17, 15) is 28.3 Å². The zero-order valence-corrected chi connectivity index (χ0v) is 24.5. The normalized spacial score (nSPS) is 14.9. The van der Waals surface area contributed by atoms with Gasteiger partial charge < -0.3 is 10.4 Å². The van der Waals surface area contributed by atoms with E-state index < -0.39 is 30.0 Å². The predicted octanol–water partition coefficient (Wildman–Crippen LogP) is 6.68. The third-order valence-corrected chi connectivity index (χ3v) is 7.66. The maximum absolute atomic E-state index is 14.0. The molecule has 0 bridgehead atoms. The molecule has 224 valence electrons. The molecular formula is C29H28ClF3N8O2. The topological polar surface area (TPSA) is 133 Å². The third-order valence-electron chi connectivity index (χ3n) is 7.37. The average molecular weight is 613 g/mol. The van der Waals surface area contributed by atoms with Gasteiger partial charge in [0.05, 0.1) is 33.7 Å². The number of amides is 1. The second-order valence-electron chi connectivity index (χ2n) is 11.8. The van der Waals surface area contributed by atoms with Gasteiger partial charge in [-0.3, -0.25) is 9.88 Å². The molecule has 2 N–H and O–H groups in total. The molecule has 0 aliphatic heterocycles. The van der Waals surface area contributed by atoms with Gasteiger partial charge in [-0.2, -0.15) is 9.65 Å². The number of hydrogen-bond donors (Lipinski definition) is 2. The molecule has 4 aromatic rings. The Kier molecular flexibility index (Phi) is 7.68. The molecule has 0 radical (unpaired) electrons. The summed E-state index contributed by atoms with van der Waals surface area (Å²) in [6, 6.07) is 6.20. The van der Waals surface area contributed by atoms with E-state index in [-0.39, 0.29) is 51.5 Å². The lowest BCUT2D eigenvalue weighted by atomic mass is 9.96. The van der Waals surface area contributed by atoms with Crippen molar-refractivity contribution in [1.29, 1.82) is 5.26 Å². The number of hydrogen-bond acceptors (Lipinski definition) is 7. The molecule has 0 spiro atoms. The number of alkyl halides is 2. The molecular weight excluding hydrogens is 585 g/mol. The molecule has 1 aromatic carbocycles. The molecule has 1 atom stereocenters.